The molecular formula is C14H13N3O2. The van der Waals surface area contributed by atoms with Gasteiger partial charge in [0.15, 0.2) is 0 Å². The number of benzene rings is 1. The molecule has 1 aromatic heterocycles. The van der Waals surface area contributed by atoms with Gasteiger partial charge in [0.25, 0.3) is 0 Å². The Bertz CT molecular complexity index is 661. The van der Waals surface area contributed by atoms with Crippen molar-refractivity contribution in [3.05, 3.63) is 30.1 Å². The summed E-state index contributed by atoms with van der Waals surface area (Å²) in [5, 5.41) is 12.9. The highest BCUT2D eigenvalue weighted by Crippen LogP contribution is 2.21. The number of aromatic carboxylic acids is 1. The SMILES string of the molecule is C#CCC(C)Nc1nc(C(=O)O)nc2ccccc12. The number of hydrogen-bond donors (Lipinski definition) is 2. The van der Waals surface area contributed by atoms with E-state index in [1.165, 1.54) is 0 Å². The fourth-order valence-electron chi connectivity index (χ4n) is 1.74. The first-order valence-corrected chi connectivity index (χ1v) is 5.82. The van der Waals surface area contributed by atoms with Crippen LogP contribution in [0, 0.1) is 12.3 Å². The topological polar surface area (TPSA) is 75.1 Å². The van der Waals surface area contributed by atoms with Crippen molar-refractivity contribution in [1.82, 2.24) is 9.97 Å². The Labute approximate surface area is 110 Å². The molecule has 2 aromatic rings. The predicted octanol–water partition coefficient (Wildman–Crippen LogP) is 2.15. The number of hydrogen-bond acceptors (Lipinski definition) is 4. The number of fused-ring (bicyclic) bond motifs is 1. The summed E-state index contributed by atoms with van der Waals surface area (Å²) in [5.74, 6) is 1.66. The molecule has 96 valence electrons. The summed E-state index contributed by atoms with van der Waals surface area (Å²) in [4.78, 5) is 19.1. The van der Waals surface area contributed by atoms with E-state index in [0.717, 1.165) is 5.39 Å². The van der Waals surface area contributed by atoms with Gasteiger partial charge >= 0.3 is 5.97 Å². The molecule has 0 saturated heterocycles. The Morgan fingerprint density at radius 1 is 1.47 bits per heavy atom. The summed E-state index contributed by atoms with van der Waals surface area (Å²) < 4.78 is 0. The largest absolute Gasteiger partial charge is 0.475 e. The van der Waals surface area contributed by atoms with Crippen LogP contribution in [0.25, 0.3) is 10.9 Å². The maximum atomic E-state index is 11.0. The molecule has 0 aliphatic heterocycles. The minimum atomic E-state index is -1.15. The molecule has 0 aliphatic carbocycles. The Hall–Kier alpha value is -2.61. The fraction of sp³-hybridized carbons (Fsp3) is 0.214. The molecule has 0 aliphatic rings. The second-order valence-electron chi connectivity index (χ2n) is 4.17. The number of nitrogens with zero attached hydrogens (tertiary/aromatic N) is 2. The van der Waals surface area contributed by atoms with Gasteiger partial charge in [-0.05, 0) is 19.1 Å². The van der Waals surface area contributed by atoms with E-state index >= 15 is 0 Å². The number of aromatic nitrogens is 2. The third-order valence-electron chi connectivity index (χ3n) is 2.60. The lowest BCUT2D eigenvalue weighted by Crippen LogP contribution is -2.17. The van der Waals surface area contributed by atoms with Crippen LogP contribution in [0.5, 0.6) is 0 Å². The van der Waals surface area contributed by atoms with Crippen molar-refractivity contribution >= 4 is 22.7 Å². The number of para-hydroxylation sites is 1. The van der Waals surface area contributed by atoms with Crippen LogP contribution in [-0.4, -0.2) is 27.1 Å². The monoisotopic (exact) mass is 255 g/mol. The Balaban J connectivity index is 2.51. The van der Waals surface area contributed by atoms with Crippen LogP contribution < -0.4 is 5.32 Å². The number of terminal acetylenes is 1. The van der Waals surface area contributed by atoms with E-state index in [-0.39, 0.29) is 11.9 Å². The smallest absolute Gasteiger partial charge is 0.374 e. The van der Waals surface area contributed by atoms with Crippen LogP contribution in [0.4, 0.5) is 5.82 Å². The fourth-order valence-corrected chi connectivity index (χ4v) is 1.74. The molecule has 0 radical (unpaired) electrons. The average molecular weight is 255 g/mol. The van der Waals surface area contributed by atoms with Crippen molar-refractivity contribution in [3.8, 4) is 12.3 Å². The van der Waals surface area contributed by atoms with Crippen molar-refractivity contribution < 1.29 is 9.90 Å². The number of nitrogens with one attached hydrogen (secondary N) is 1. The first-order valence-electron chi connectivity index (χ1n) is 5.82. The van der Waals surface area contributed by atoms with Gasteiger partial charge in [0.2, 0.25) is 5.82 Å². The van der Waals surface area contributed by atoms with E-state index in [1.54, 1.807) is 12.1 Å². The maximum absolute atomic E-state index is 11.0. The van der Waals surface area contributed by atoms with Crippen molar-refractivity contribution in [2.45, 2.75) is 19.4 Å². The van der Waals surface area contributed by atoms with Gasteiger partial charge in [-0.1, -0.05) is 12.1 Å². The van der Waals surface area contributed by atoms with Gasteiger partial charge in [-0.25, -0.2) is 14.8 Å². The molecule has 0 spiro atoms. The van der Waals surface area contributed by atoms with Gasteiger partial charge in [0.05, 0.1) is 5.52 Å². The molecule has 1 aromatic carbocycles. The van der Waals surface area contributed by atoms with Crippen LogP contribution >= 0.6 is 0 Å². The zero-order valence-electron chi connectivity index (χ0n) is 10.4. The van der Waals surface area contributed by atoms with Gasteiger partial charge in [0, 0.05) is 17.8 Å². The lowest BCUT2D eigenvalue weighted by molar-refractivity contribution is 0.0684. The Morgan fingerprint density at radius 2 is 2.21 bits per heavy atom. The van der Waals surface area contributed by atoms with Crippen molar-refractivity contribution in [1.29, 1.82) is 0 Å². The summed E-state index contributed by atoms with van der Waals surface area (Å²) in [7, 11) is 0. The molecule has 1 atom stereocenters. The second-order valence-corrected chi connectivity index (χ2v) is 4.17. The van der Waals surface area contributed by atoms with Gasteiger partial charge in [0.1, 0.15) is 5.82 Å². The molecule has 0 fully saturated rings. The standard InChI is InChI=1S/C14H13N3O2/c1-3-6-9(2)15-12-10-7-4-5-8-11(10)16-13(17-12)14(18)19/h1,4-5,7-9H,6H2,2H3,(H,18,19)(H,15,16,17). The van der Waals surface area contributed by atoms with Gasteiger partial charge < -0.3 is 10.4 Å². The molecule has 5 heteroatoms. The molecule has 2 N–H and O–H groups in total. The van der Waals surface area contributed by atoms with E-state index in [2.05, 4.69) is 21.2 Å². The van der Waals surface area contributed by atoms with Crippen molar-refractivity contribution in [3.63, 3.8) is 0 Å². The van der Waals surface area contributed by atoms with Crippen molar-refractivity contribution in [2.75, 3.05) is 5.32 Å². The van der Waals surface area contributed by atoms with Gasteiger partial charge in [-0.2, -0.15) is 0 Å². The number of carbonyl (C=O) groups is 1. The Morgan fingerprint density at radius 3 is 2.89 bits per heavy atom. The van der Waals surface area contributed by atoms with E-state index in [1.807, 2.05) is 19.1 Å². The first-order chi connectivity index (χ1) is 9.11. The predicted molar refractivity (Wildman–Crippen MR) is 73.0 cm³/mol. The molecule has 1 unspecified atom stereocenters. The zero-order valence-corrected chi connectivity index (χ0v) is 10.4. The highest BCUT2D eigenvalue weighted by molar-refractivity contribution is 5.93. The van der Waals surface area contributed by atoms with E-state index in [4.69, 9.17) is 11.5 Å². The average Bonchev–Trinajstić information content (AvgIpc) is 2.38. The number of rotatable bonds is 4. The summed E-state index contributed by atoms with van der Waals surface area (Å²) in [5.41, 5.74) is 0.588. The lowest BCUT2D eigenvalue weighted by atomic mass is 10.2. The van der Waals surface area contributed by atoms with Crippen LogP contribution in [-0.2, 0) is 0 Å². The second kappa shape index (κ2) is 5.36. The van der Waals surface area contributed by atoms with Gasteiger partial charge in [-0.15, -0.1) is 12.3 Å². The number of carboxylic acid groups (broad SMARTS) is 1. The third-order valence-corrected chi connectivity index (χ3v) is 2.60. The summed E-state index contributed by atoms with van der Waals surface area (Å²) in [6, 6.07) is 7.25. The highest BCUT2D eigenvalue weighted by atomic mass is 16.4. The maximum Gasteiger partial charge on any atom is 0.374 e. The van der Waals surface area contributed by atoms with Crippen LogP contribution in [0.2, 0.25) is 0 Å². The molecule has 19 heavy (non-hydrogen) atoms. The third kappa shape index (κ3) is 2.80. The Kier molecular flexibility index (Phi) is 3.62. The minimum Gasteiger partial charge on any atom is -0.475 e. The van der Waals surface area contributed by atoms with E-state index in [0.29, 0.717) is 17.8 Å². The highest BCUT2D eigenvalue weighted by Gasteiger charge is 2.13. The molecule has 1 heterocycles. The minimum absolute atomic E-state index is 0.00458. The van der Waals surface area contributed by atoms with E-state index < -0.39 is 5.97 Å². The summed E-state index contributed by atoms with van der Waals surface area (Å²) >= 11 is 0. The van der Waals surface area contributed by atoms with Crippen LogP contribution in [0.3, 0.4) is 0 Å². The molecule has 0 saturated carbocycles. The normalized spacial score (nSPS) is 11.8. The summed E-state index contributed by atoms with van der Waals surface area (Å²) in [6.07, 6.45) is 5.79. The summed E-state index contributed by atoms with van der Waals surface area (Å²) in [6.45, 7) is 1.91. The molecule has 2 rings (SSSR count). The zero-order chi connectivity index (χ0) is 13.8. The lowest BCUT2D eigenvalue weighted by Gasteiger charge is -2.14. The molecule has 0 amide bonds. The first kappa shape index (κ1) is 12.8. The number of anilines is 1. The quantitative estimate of drug-likeness (QED) is 0.819. The molecule has 0 bridgehead atoms. The van der Waals surface area contributed by atoms with Crippen LogP contribution in [0.15, 0.2) is 24.3 Å². The molecule has 5 nitrogen and oxygen atoms in total. The van der Waals surface area contributed by atoms with Gasteiger partial charge in [-0.3, -0.25) is 0 Å². The van der Waals surface area contributed by atoms with E-state index in [9.17, 15) is 4.79 Å². The number of carboxylic acids is 1. The van der Waals surface area contributed by atoms with Crippen molar-refractivity contribution in [2.24, 2.45) is 0 Å². The van der Waals surface area contributed by atoms with Crippen LogP contribution in [0.1, 0.15) is 24.0 Å². The molecular weight excluding hydrogens is 242 g/mol.